The molecule has 0 unspecified atom stereocenters. The van der Waals surface area contributed by atoms with Crippen LogP contribution in [0, 0.1) is 6.92 Å². The predicted molar refractivity (Wildman–Crippen MR) is 81.9 cm³/mol. The van der Waals surface area contributed by atoms with E-state index >= 15 is 0 Å². The monoisotopic (exact) mass is 324 g/mol. The van der Waals surface area contributed by atoms with E-state index in [1.165, 1.54) is 18.9 Å². The average Bonchev–Trinajstić information content (AvgIpc) is 2.44. The molecular formula is C14H13ClN2O3S. The maximum atomic E-state index is 11.8. The highest BCUT2D eigenvalue weighted by atomic mass is 35.5. The Balaban J connectivity index is 2.31. The van der Waals surface area contributed by atoms with Gasteiger partial charge in [-0.3, -0.25) is 0 Å². The second-order valence-corrected chi connectivity index (χ2v) is 5.66. The lowest BCUT2D eigenvalue weighted by Gasteiger charge is -2.09. The number of esters is 1. The molecule has 0 aliphatic rings. The minimum atomic E-state index is -0.523. The first-order chi connectivity index (χ1) is 10.0. The number of carbonyl (C=O) groups is 1. The molecule has 0 bridgehead atoms. The molecule has 0 aliphatic carbocycles. The van der Waals surface area contributed by atoms with E-state index in [-0.39, 0.29) is 5.56 Å². The van der Waals surface area contributed by atoms with Gasteiger partial charge in [-0.15, -0.1) is 11.8 Å². The third kappa shape index (κ3) is 3.86. The summed E-state index contributed by atoms with van der Waals surface area (Å²) in [5, 5.41) is 0.986. The van der Waals surface area contributed by atoms with Gasteiger partial charge in [0.25, 0.3) is 0 Å². The fraction of sp³-hybridized carbons (Fsp3) is 0.214. The number of hydrogen-bond acceptors (Lipinski definition) is 5. The molecule has 1 aromatic carbocycles. The molecule has 5 nitrogen and oxygen atoms in total. The lowest BCUT2D eigenvalue weighted by molar-refractivity contribution is 0.0594. The summed E-state index contributed by atoms with van der Waals surface area (Å²) in [5.74, 6) is 0.0188. The number of nitrogens with one attached hydrogen (secondary N) is 1. The lowest BCUT2D eigenvalue weighted by Crippen LogP contribution is -2.19. The minimum Gasteiger partial charge on any atom is -0.465 e. The SMILES string of the molecule is COC(=O)c1c(SCc2cccc(Cl)c2)nc(=O)[nH]c1C. The maximum Gasteiger partial charge on any atom is 0.346 e. The van der Waals surface area contributed by atoms with Crippen LogP contribution in [0.3, 0.4) is 0 Å². The van der Waals surface area contributed by atoms with Crippen molar-refractivity contribution in [2.45, 2.75) is 17.7 Å². The van der Waals surface area contributed by atoms with E-state index < -0.39 is 11.7 Å². The molecule has 21 heavy (non-hydrogen) atoms. The number of thioether (sulfide) groups is 1. The van der Waals surface area contributed by atoms with Crippen LogP contribution in [-0.4, -0.2) is 23.0 Å². The van der Waals surface area contributed by atoms with E-state index in [0.29, 0.717) is 21.5 Å². The second-order valence-electron chi connectivity index (χ2n) is 4.26. The third-order valence-electron chi connectivity index (χ3n) is 2.74. The highest BCUT2D eigenvalue weighted by Crippen LogP contribution is 2.26. The summed E-state index contributed by atoms with van der Waals surface area (Å²) in [4.78, 5) is 29.7. The van der Waals surface area contributed by atoms with Crippen LogP contribution in [0.15, 0.2) is 34.1 Å². The van der Waals surface area contributed by atoms with Gasteiger partial charge >= 0.3 is 11.7 Å². The molecule has 2 rings (SSSR count). The number of aromatic nitrogens is 2. The Labute approximate surface area is 130 Å². The number of halogens is 1. The zero-order valence-corrected chi connectivity index (χ0v) is 13.0. The second kappa shape index (κ2) is 6.78. The smallest absolute Gasteiger partial charge is 0.346 e. The van der Waals surface area contributed by atoms with Gasteiger partial charge in [0.1, 0.15) is 10.6 Å². The molecule has 1 N–H and O–H groups in total. The minimum absolute atomic E-state index is 0.282. The molecule has 1 aromatic heterocycles. The normalized spacial score (nSPS) is 10.4. The van der Waals surface area contributed by atoms with Crippen molar-refractivity contribution in [1.82, 2.24) is 9.97 Å². The Kier molecular flexibility index (Phi) is 5.03. The molecule has 0 aliphatic heterocycles. The summed E-state index contributed by atoms with van der Waals surface area (Å²) in [6, 6.07) is 7.37. The molecule has 0 fully saturated rings. The largest absolute Gasteiger partial charge is 0.465 e. The quantitative estimate of drug-likeness (QED) is 0.532. The molecule has 0 saturated heterocycles. The van der Waals surface area contributed by atoms with E-state index in [1.54, 1.807) is 13.0 Å². The number of rotatable bonds is 4. The van der Waals surface area contributed by atoms with E-state index in [0.717, 1.165) is 5.56 Å². The molecule has 0 amide bonds. The Hall–Kier alpha value is -1.79. The molecular weight excluding hydrogens is 312 g/mol. The zero-order valence-electron chi connectivity index (χ0n) is 11.5. The van der Waals surface area contributed by atoms with Gasteiger partial charge in [0.15, 0.2) is 0 Å². The number of methoxy groups -OCH3 is 1. The van der Waals surface area contributed by atoms with Crippen LogP contribution in [0.5, 0.6) is 0 Å². The third-order valence-corrected chi connectivity index (χ3v) is 4.02. The summed E-state index contributed by atoms with van der Waals surface area (Å²) < 4.78 is 4.73. The van der Waals surface area contributed by atoms with Crippen molar-refractivity contribution in [1.29, 1.82) is 0 Å². The fourth-order valence-electron chi connectivity index (χ4n) is 1.78. The average molecular weight is 325 g/mol. The van der Waals surface area contributed by atoms with Crippen molar-refractivity contribution >= 4 is 29.3 Å². The summed E-state index contributed by atoms with van der Waals surface area (Å²) in [5.41, 5.74) is 1.20. The van der Waals surface area contributed by atoms with E-state index in [4.69, 9.17) is 16.3 Å². The topological polar surface area (TPSA) is 72.0 Å². The van der Waals surface area contributed by atoms with Gasteiger partial charge in [-0.2, -0.15) is 4.98 Å². The number of benzene rings is 1. The molecule has 0 atom stereocenters. The van der Waals surface area contributed by atoms with Crippen LogP contribution in [0.25, 0.3) is 0 Å². The first-order valence-electron chi connectivity index (χ1n) is 6.07. The molecule has 0 radical (unpaired) electrons. The van der Waals surface area contributed by atoms with Crippen LogP contribution in [0.2, 0.25) is 5.02 Å². The summed E-state index contributed by atoms with van der Waals surface area (Å²) in [6.45, 7) is 1.64. The van der Waals surface area contributed by atoms with E-state index in [9.17, 15) is 9.59 Å². The van der Waals surface area contributed by atoms with Gasteiger partial charge < -0.3 is 9.72 Å². The number of ether oxygens (including phenoxy) is 1. The van der Waals surface area contributed by atoms with Crippen LogP contribution < -0.4 is 5.69 Å². The Morgan fingerprint density at radius 3 is 2.90 bits per heavy atom. The molecule has 0 spiro atoms. The maximum absolute atomic E-state index is 11.8. The van der Waals surface area contributed by atoms with Crippen LogP contribution >= 0.6 is 23.4 Å². The fourth-order valence-corrected chi connectivity index (χ4v) is 3.01. The van der Waals surface area contributed by atoms with Crippen molar-refractivity contribution in [3.05, 3.63) is 56.6 Å². The first kappa shape index (κ1) is 15.6. The molecule has 110 valence electrons. The number of aryl methyl sites for hydroxylation is 1. The molecule has 2 aromatic rings. The van der Waals surface area contributed by atoms with Gasteiger partial charge in [-0.25, -0.2) is 9.59 Å². The molecule has 0 saturated carbocycles. The van der Waals surface area contributed by atoms with Gasteiger partial charge in [-0.1, -0.05) is 23.7 Å². The Bertz CT molecular complexity index is 730. The number of hydrogen-bond donors (Lipinski definition) is 1. The first-order valence-corrected chi connectivity index (χ1v) is 7.44. The van der Waals surface area contributed by atoms with Crippen molar-refractivity contribution in [2.75, 3.05) is 7.11 Å². The highest BCUT2D eigenvalue weighted by molar-refractivity contribution is 7.98. The van der Waals surface area contributed by atoms with Crippen molar-refractivity contribution in [3.63, 3.8) is 0 Å². The lowest BCUT2D eigenvalue weighted by atomic mass is 10.2. The Morgan fingerprint density at radius 2 is 2.24 bits per heavy atom. The summed E-state index contributed by atoms with van der Waals surface area (Å²) >= 11 is 7.22. The standard InChI is InChI=1S/C14H13ClN2O3S/c1-8-11(13(18)20-2)12(17-14(19)16-8)21-7-9-4-3-5-10(15)6-9/h3-6H,7H2,1-2H3,(H,16,17,19). The van der Waals surface area contributed by atoms with Gasteiger partial charge in [0.2, 0.25) is 0 Å². The molecule has 7 heteroatoms. The Morgan fingerprint density at radius 1 is 1.48 bits per heavy atom. The van der Waals surface area contributed by atoms with Crippen molar-refractivity contribution in [2.24, 2.45) is 0 Å². The zero-order chi connectivity index (χ0) is 15.4. The van der Waals surface area contributed by atoms with Crippen LogP contribution in [-0.2, 0) is 10.5 Å². The predicted octanol–water partition coefficient (Wildman–Crippen LogP) is 2.81. The number of carbonyl (C=O) groups excluding carboxylic acids is 1. The van der Waals surface area contributed by atoms with Gasteiger partial charge in [-0.05, 0) is 24.6 Å². The summed E-state index contributed by atoms with van der Waals surface area (Å²) in [6.07, 6.45) is 0. The van der Waals surface area contributed by atoms with Crippen LogP contribution in [0.1, 0.15) is 21.6 Å². The molecule has 1 heterocycles. The number of H-pyrrole nitrogens is 1. The highest BCUT2D eigenvalue weighted by Gasteiger charge is 2.18. The van der Waals surface area contributed by atoms with Crippen molar-refractivity contribution in [3.8, 4) is 0 Å². The summed E-state index contributed by atoms with van der Waals surface area (Å²) in [7, 11) is 1.29. The van der Waals surface area contributed by atoms with E-state index in [2.05, 4.69) is 9.97 Å². The number of nitrogens with zero attached hydrogens (tertiary/aromatic N) is 1. The van der Waals surface area contributed by atoms with E-state index in [1.807, 2.05) is 18.2 Å². The van der Waals surface area contributed by atoms with Gasteiger partial charge in [0.05, 0.1) is 7.11 Å². The van der Waals surface area contributed by atoms with Crippen molar-refractivity contribution < 1.29 is 9.53 Å². The number of aromatic amines is 1. The van der Waals surface area contributed by atoms with Gasteiger partial charge in [0, 0.05) is 16.5 Å². The van der Waals surface area contributed by atoms with Crippen LogP contribution in [0.4, 0.5) is 0 Å².